The molecule has 1 fully saturated rings. The number of aliphatic hydroxyl groups is 1. The average molecular weight is 357 g/mol. The van der Waals surface area contributed by atoms with Gasteiger partial charge in [-0.05, 0) is 43.9 Å². The van der Waals surface area contributed by atoms with Gasteiger partial charge in [-0.3, -0.25) is 9.48 Å². The molecule has 0 radical (unpaired) electrons. The van der Waals surface area contributed by atoms with E-state index in [4.69, 9.17) is 5.11 Å². The van der Waals surface area contributed by atoms with Crippen molar-refractivity contribution in [2.45, 2.75) is 38.3 Å². The average Bonchev–Trinajstić information content (AvgIpc) is 3.20. The van der Waals surface area contributed by atoms with Crippen LogP contribution in [0.5, 0.6) is 0 Å². The summed E-state index contributed by atoms with van der Waals surface area (Å²) in [6, 6.07) is 5.84. The summed E-state index contributed by atoms with van der Waals surface area (Å²) in [6.07, 6.45) is 9.55. The number of amides is 1. The molecular formula is C19H27N5O2. The highest BCUT2D eigenvalue weighted by Crippen LogP contribution is 2.23. The van der Waals surface area contributed by atoms with E-state index in [1.54, 1.807) is 12.4 Å². The minimum Gasteiger partial charge on any atom is -0.395 e. The summed E-state index contributed by atoms with van der Waals surface area (Å²) < 4.78 is 1.92. The van der Waals surface area contributed by atoms with Gasteiger partial charge in [0.1, 0.15) is 5.82 Å². The number of anilines is 1. The van der Waals surface area contributed by atoms with E-state index in [0.717, 1.165) is 44.6 Å². The first-order valence-electron chi connectivity index (χ1n) is 9.25. The number of carbonyl (C=O) groups excluding carboxylic acids is 1. The van der Waals surface area contributed by atoms with Crippen LogP contribution in [-0.4, -0.2) is 63.5 Å². The number of likely N-dealkylation sites (tertiary alicyclic amines) is 1. The topological polar surface area (TPSA) is 74.5 Å². The predicted octanol–water partition coefficient (Wildman–Crippen LogP) is 1.79. The molecule has 7 nitrogen and oxygen atoms in total. The van der Waals surface area contributed by atoms with Gasteiger partial charge in [0.05, 0.1) is 12.2 Å². The maximum absolute atomic E-state index is 13.0. The molecule has 2 aromatic rings. The fraction of sp³-hybridized carbons (Fsp3) is 0.526. The molecule has 1 aliphatic heterocycles. The van der Waals surface area contributed by atoms with Gasteiger partial charge < -0.3 is 14.9 Å². The first kappa shape index (κ1) is 18.4. The van der Waals surface area contributed by atoms with Crippen LogP contribution in [-0.2, 0) is 6.54 Å². The molecule has 140 valence electrons. The predicted molar refractivity (Wildman–Crippen MR) is 100 cm³/mol. The Bertz CT molecular complexity index is 686. The maximum Gasteiger partial charge on any atom is 0.255 e. The number of likely N-dealkylation sites (N-methyl/N-ethyl adjacent to an activating group) is 1. The van der Waals surface area contributed by atoms with Gasteiger partial charge in [-0.2, -0.15) is 5.10 Å². The summed E-state index contributed by atoms with van der Waals surface area (Å²) in [5.41, 5.74) is 0.622. The number of hydrogen-bond acceptors (Lipinski definition) is 5. The number of aromatic nitrogens is 3. The van der Waals surface area contributed by atoms with Crippen LogP contribution in [0.25, 0.3) is 0 Å². The van der Waals surface area contributed by atoms with Crippen molar-refractivity contribution in [1.29, 1.82) is 0 Å². The van der Waals surface area contributed by atoms with Crippen LogP contribution in [0.3, 0.4) is 0 Å². The molecule has 1 aliphatic rings. The highest BCUT2D eigenvalue weighted by Gasteiger charge is 2.27. The second kappa shape index (κ2) is 8.80. The molecule has 26 heavy (non-hydrogen) atoms. The van der Waals surface area contributed by atoms with E-state index in [1.807, 2.05) is 45.9 Å². The van der Waals surface area contributed by atoms with Crippen LogP contribution in [0.15, 0.2) is 36.8 Å². The van der Waals surface area contributed by atoms with Gasteiger partial charge in [0.2, 0.25) is 0 Å². The van der Waals surface area contributed by atoms with E-state index in [0.29, 0.717) is 12.1 Å². The van der Waals surface area contributed by atoms with Crippen LogP contribution in [0.2, 0.25) is 0 Å². The van der Waals surface area contributed by atoms with Crippen LogP contribution in [0, 0.1) is 0 Å². The van der Waals surface area contributed by atoms with Gasteiger partial charge in [0.15, 0.2) is 0 Å². The molecule has 2 aromatic heterocycles. The molecule has 0 bridgehead atoms. The quantitative estimate of drug-likeness (QED) is 0.818. The maximum atomic E-state index is 13.0. The fourth-order valence-electron chi connectivity index (χ4n) is 3.45. The molecule has 3 heterocycles. The number of hydrogen-bond donors (Lipinski definition) is 1. The second-order valence-electron chi connectivity index (χ2n) is 6.76. The minimum atomic E-state index is 0.0547. The zero-order chi connectivity index (χ0) is 18.4. The third-order valence-electron chi connectivity index (χ3n) is 4.96. The zero-order valence-corrected chi connectivity index (χ0v) is 15.3. The normalized spacial score (nSPS) is 17.3. The second-order valence-corrected chi connectivity index (χ2v) is 6.76. The molecule has 0 aromatic carbocycles. The van der Waals surface area contributed by atoms with Gasteiger partial charge in [0.25, 0.3) is 5.91 Å². The van der Waals surface area contributed by atoms with Crippen molar-refractivity contribution in [2.75, 3.05) is 31.6 Å². The summed E-state index contributed by atoms with van der Waals surface area (Å²) in [4.78, 5) is 21.2. The molecule has 7 heteroatoms. The lowest BCUT2D eigenvalue weighted by atomic mass is 9.98. The van der Waals surface area contributed by atoms with E-state index in [9.17, 15) is 4.79 Å². The highest BCUT2D eigenvalue weighted by atomic mass is 16.3. The lowest BCUT2D eigenvalue weighted by Crippen LogP contribution is -2.44. The van der Waals surface area contributed by atoms with E-state index in [-0.39, 0.29) is 18.6 Å². The van der Waals surface area contributed by atoms with E-state index < -0.39 is 0 Å². The molecular weight excluding hydrogens is 330 g/mol. The SMILES string of the molecule is CN(CCO)c1ccc(C(=O)N2CCCCC2CCn2cccn2)cn1. The lowest BCUT2D eigenvalue weighted by Gasteiger charge is -2.36. The highest BCUT2D eigenvalue weighted by molar-refractivity contribution is 5.94. The van der Waals surface area contributed by atoms with Gasteiger partial charge in [-0.25, -0.2) is 4.98 Å². The first-order chi connectivity index (χ1) is 12.7. The summed E-state index contributed by atoms with van der Waals surface area (Å²) >= 11 is 0. The van der Waals surface area contributed by atoms with E-state index >= 15 is 0 Å². The Morgan fingerprint density at radius 1 is 1.38 bits per heavy atom. The Hall–Kier alpha value is -2.41. The largest absolute Gasteiger partial charge is 0.395 e. The van der Waals surface area contributed by atoms with Crippen molar-refractivity contribution in [2.24, 2.45) is 0 Å². The van der Waals surface area contributed by atoms with Crippen LogP contribution in [0.4, 0.5) is 5.82 Å². The Balaban J connectivity index is 1.65. The minimum absolute atomic E-state index is 0.0547. The number of aliphatic hydroxyl groups excluding tert-OH is 1. The molecule has 0 aliphatic carbocycles. The van der Waals surface area contributed by atoms with Crippen molar-refractivity contribution in [1.82, 2.24) is 19.7 Å². The molecule has 1 unspecified atom stereocenters. The third-order valence-corrected chi connectivity index (χ3v) is 4.96. The number of piperidine rings is 1. The molecule has 0 saturated carbocycles. The first-order valence-corrected chi connectivity index (χ1v) is 9.25. The van der Waals surface area contributed by atoms with Crippen molar-refractivity contribution < 1.29 is 9.90 Å². The Morgan fingerprint density at radius 2 is 2.27 bits per heavy atom. The number of carbonyl (C=O) groups is 1. The standard InChI is InChI=1S/C19H27N5O2/c1-22(13-14-25)18-7-6-16(15-20-18)19(26)24-11-3-2-5-17(24)8-12-23-10-4-9-21-23/h4,6-7,9-10,15,17,25H,2-3,5,8,11-14H2,1H3. The third kappa shape index (κ3) is 4.40. The van der Waals surface area contributed by atoms with Crippen LogP contribution < -0.4 is 4.90 Å². The number of aryl methyl sites for hydroxylation is 1. The Labute approximate surface area is 154 Å². The molecule has 1 atom stereocenters. The lowest BCUT2D eigenvalue weighted by molar-refractivity contribution is 0.0593. The number of pyridine rings is 1. The summed E-state index contributed by atoms with van der Waals surface area (Å²) in [5, 5.41) is 13.3. The smallest absolute Gasteiger partial charge is 0.255 e. The van der Waals surface area contributed by atoms with Gasteiger partial charge >= 0.3 is 0 Å². The summed E-state index contributed by atoms with van der Waals surface area (Å²) in [7, 11) is 1.87. The Kier molecular flexibility index (Phi) is 6.22. The van der Waals surface area contributed by atoms with Crippen molar-refractivity contribution in [3.63, 3.8) is 0 Å². The molecule has 1 N–H and O–H groups in total. The van der Waals surface area contributed by atoms with Crippen LogP contribution in [0.1, 0.15) is 36.0 Å². The van der Waals surface area contributed by atoms with Gasteiger partial charge in [-0.1, -0.05) is 0 Å². The van der Waals surface area contributed by atoms with Gasteiger partial charge in [0, 0.05) is 51.3 Å². The van der Waals surface area contributed by atoms with Crippen molar-refractivity contribution in [3.8, 4) is 0 Å². The van der Waals surface area contributed by atoms with Crippen molar-refractivity contribution >= 4 is 11.7 Å². The monoisotopic (exact) mass is 357 g/mol. The van der Waals surface area contributed by atoms with Gasteiger partial charge in [-0.15, -0.1) is 0 Å². The fourth-order valence-corrected chi connectivity index (χ4v) is 3.45. The molecule has 1 amide bonds. The van der Waals surface area contributed by atoms with E-state index in [1.165, 1.54) is 0 Å². The molecule has 1 saturated heterocycles. The number of nitrogens with zero attached hydrogens (tertiary/aromatic N) is 5. The van der Waals surface area contributed by atoms with E-state index in [2.05, 4.69) is 10.1 Å². The summed E-state index contributed by atoms with van der Waals surface area (Å²) in [5.74, 6) is 0.809. The molecule has 0 spiro atoms. The zero-order valence-electron chi connectivity index (χ0n) is 15.3. The summed E-state index contributed by atoms with van der Waals surface area (Å²) in [6.45, 7) is 2.21. The Morgan fingerprint density at radius 3 is 2.96 bits per heavy atom. The van der Waals surface area contributed by atoms with Crippen LogP contribution >= 0.6 is 0 Å². The molecule has 3 rings (SSSR count). The number of rotatable bonds is 7. The van der Waals surface area contributed by atoms with Crippen molar-refractivity contribution in [3.05, 3.63) is 42.4 Å².